The van der Waals surface area contributed by atoms with Gasteiger partial charge in [-0.05, 0) is 17.7 Å². The minimum Gasteiger partial charge on any atom is -0.397 e. The highest BCUT2D eigenvalue weighted by Crippen LogP contribution is 2.18. The van der Waals surface area contributed by atoms with Gasteiger partial charge in [0, 0.05) is 7.05 Å². The van der Waals surface area contributed by atoms with Crippen LogP contribution < -0.4 is 11.1 Å². The molecule has 0 atom stereocenters. The summed E-state index contributed by atoms with van der Waals surface area (Å²) in [5, 5.41) is 11.7. The Hall–Kier alpha value is -1.22. The molecule has 0 spiro atoms. The highest BCUT2D eigenvalue weighted by Gasteiger charge is 1.96. The van der Waals surface area contributed by atoms with Gasteiger partial charge in [-0.25, -0.2) is 0 Å². The summed E-state index contributed by atoms with van der Waals surface area (Å²) in [6, 6.07) is 5.44. The van der Waals surface area contributed by atoms with E-state index in [2.05, 4.69) is 5.32 Å². The van der Waals surface area contributed by atoms with E-state index in [0.29, 0.717) is 5.69 Å². The number of aliphatic hydroxyl groups excluding tert-OH is 1. The number of anilines is 2. The maximum atomic E-state index is 8.75. The van der Waals surface area contributed by atoms with Gasteiger partial charge in [0.1, 0.15) is 0 Å². The molecule has 0 fully saturated rings. The lowest BCUT2D eigenvalue weighted by Crippen LogP contribution is -1.96. The van der Waals surface area contributed by atoms with Gasteiger partial charge in [-0.2, -0.15) is 0 Å². The molecule has 0 saturated carbocycles. The second-order valence-corrected chi connectivity index (χ2v) is 2.33. The summed E-state index contributed by atoms with van der Waals surface area (Å²) >= 11 is 0. The van der Waals surface area contributed by atoms with E-state index in [1.54, 1.807) is 6.07 Å². The first kappa shape index (κ1) is 7.88. The van der Waals surface area contributed by atoms with E-state index in [9.17, 15) is 0 Å². The third kappa shape index (κ3) is 1.62. The van der Waals surface area contributed by atoms with Crippen molar-refractivity contribution in [3.05, 3.63) is 23.8 Å². The molecule has 0 saturated heterocycles. The van der Waals surface area contributed by atoms with E-state index >= 15 is 0 Å². The fourth-order valence-electron chi connectivity index (χ4n) is 0.938. The molecule has 1 aromatic carbocycles. The Bertz CT molecular complexity index is 248. The molecular weight excluding hydrogens is 140 g/mol. The molecule has 0 aromatic heterocycles. The van der Waals surface area contributed by atoms with Crippen LogP contribution in [-0.2, 0) is 6.61 Å². The summed E-state index contributed by atoms with van der Waals surface area (Å²) in [4.78, 5) is 0. The molecule has 0 aliphatic rings. The molecular formula is C8H12N2O. The van der Waals surface area contributed by atoms with Crippen LogP contribution in [0.3, 0.4) is 0 Å². The maximum absolute atomic E-state index is 8.75. The lowest BCUT2D eigenvalue weighted by atomic mass is 10.2. The number of nitrogens with one attached hydrogen (secondary N) is 1. The van der Waals surface area contributed by atoms with E-state index in [4.69, 9.17) is 10.8 Å². The summed E-state index contributed by atoms with van der Waals surface area (Å²) in [6.07, 6.45) is 0. The Morgan fingerprint density at radius 1 is 1.55 bits per heavy atom. The number of benzene rings is 1. The van der Waals surface area contributed by atoms with Crippen molar-refractivity contribution in [2.75, 3.05) is 18.1 Å². The van der Waals surface area contributed by atoms with Crippen molar-refractivity contribution in [2.24, 2.45) is 0 Å². The molecule has 0 heterocycles. The number of nitrogens with two attached hydrogens (primary N) is 1. The monoisotopic (exact) mass is 152 g/mol. The first-order valence-corrected chi connectivity index (χ1v) is 3.45. The Labute approximate surface area is 65.8 Å². The second kappa shape index (κ2) is 3.25. The van der Waals surface area contributed by atoms with Crippen LogP contribution in [0.5, 0.6) is 0 Å². The molecule has 11 heavy (non-hydrogen) atoms. The molecule has 1 aromatic rings. The van der Waals surface area contributed by atoms with Crippen LogP contribution in [0.4, 0.5) is 11.4 Å². The zero-order chi connectivity index (χ0) is 8.27. The average Bonchev–Trinajstić information content (AvgIpc) is 2.04. The Kier molecular flexibility index (Phi) is 2.33. The summed E-state index contributed by atoms with van der Waals surface area (Å²) in [5.74, 6) is 0. The Morgan fingerprint density at radius 3 is 2.73 bits per heavy atom. The van der Waals surface area contributed by atoms with Crippen LogP contribution in [0.1, 0.15) is 5.56 Å². The predicted octanol–water partition coefficient (Wildman–Crippen LogP) is 0.803. The third-order valence-electron chi connectivity index (χ3n) is 1.57. The topological polar surface area (TPSA) is 58.3 Å². The van der Waals surface area contributed by atoms with Crippen molar-refractivity contribution in [3.8, 4) is 0 Å². The Balaban J connectivity index is 2.99. The number of hydrogen-bond acceptors (Lipinski definition) is 3. The molecule has 0 aliphatic carbocycles. The minimum absolute atomic E-state index is 0.0359. The van der Waals surface area contributed by atoms with Gasteiger partial charge in [0.25, 0.3) is 0 Å². The fraction of sp³-hybridized carbons (Fsp3) is 0.250. The molecule has 0 unspecified atom stereocenters. The highest BCUT2D eigenvalue weighted by molar-refractivity contribution is 5.66. The smallest absolute Gasteiger partial charge is 0.0682 e. The summed E-state index contributed by atoms with van der Waals surface area (Å²) < 4.78 is 0. The standard InChI is InChI=1S/C8H12N2O/c1-10-8-3-2-6(5-11)4-7(8)9/h2-4,10-11H,5,9H2,1H3. The first-order chi connectivity index (χ1) is 5.27. The number of aliphatic hydroxyl groups is 1. The van der Waals surface area contributed by atoms with Gasteiger partial charge < -0.3 is 16.2 Å². The largest absolute Gasteiger partial charge is 0.397 e. The van der Waals surface area contributed by atoms with Crippen LogP contribution >= 0.6 is 0 Å². The van der Waals surface area contributed by atoms with Gasteiger partial charge in [0.15, 0.2) is 0 Å². The van der Waals surface area contributed by atoms with Crippen molar-refractivity contribution < 1.29 is 5.11 Å². The number of nitrogen functional groups attached to an aromatic ring is 1. The van der Waals surface area contributed by atoms with Crippen molar-refractivity contribution in [2.45, 2.75) is 6.61 Å². The average molecular weight is 152 g/mol. The molecule has 4 N–H and O–H groups in total. The van der Waals surface area contributed by atoms with E-state index in [1.165, 1.54) is 0 Å². The van der Waals surface area contributed by atoms with Gasteiger partial charge in [0.2, 0.25) is 0 Å². The normalized spacial score (nSPS) is 9.64. The third-order valence-corrected chi connectivity index (χ3v) is 1.57. The summed E-state index contributed by atoms with van der Waals surface area (Å²) in [5.41, 5.74) is 8.03. The van der Waals surface area contributed by atoms with E-state index in [1.807, 2.05) is 19.2 Å². The minimum atomic E-state index is 0.0359. The van der Waals surface area contributed by atoms with Gasteiger partial charge in [-0.1, -0.05) is 6.07 Å². The number of rotatable bonds is 2. The second-order valence-electron chi connectivity index (χ2n) is 2.33. The van der Waals surface area contributed by atoms with E-state index in [-0.39, 0.29) is 6.61 Å². The van der Waals surface area contributed by atoms with Crippen LogP contribution in [-0.4, -0.2) is 12.2 Å². The predicted molar refractivity (Wildman–Crippen MR) is 46.3 cm³/mol. The van der Waals surface area contributed by atoms with Crippen LogP contribution in [0.2, 0.25) is 0 Å². The van der Waals surface area contributed by atoms with Gasteiger partial charge >= 0.3 is 0 Å². The Morgan fingerprint density at radius 2 is 2.27 bits per heavy atom. The molecule has 60 valence electrons. The van der Waals surface area contributed by atoms with E-state index < -0.39 is 0 Å². The SMILES string of the molecule is CNc1ccc(CO)cc1N. The first-order valence-electron chi connectivity index (χ1n) is 3.45. The maximum Gasteiger partial charge on any atom is 0.0682 e. The van der Waals surface area contributed by atoms with Gasteiger partial charge in [0.05, 0.1) is 18.0 Å². The van der Waals surface area contributed by atoms with E-state index in [0.717, 1.165) is 11.3 Å². The van der Waals surface area contributed by atoms with Crippen LogP contribution in [0, 0.1) is 0 Å². The van der Waals surface area contributed by atoms with Crippen LogP contribution in [0.15, 0.2) is 18.2 Å². The summed E-state index contributed by atoms with van der Waals surface area (Å²) in [6.45, 7) is 0.0359. The van der Waals surface area contributed by atoms with Crippen molar-refractivity contribution in [1.29, 1.82) is 0 Å². The van der Waals surface area contributed by atoms with Crippen molar-refractivity contribution >= 4 is 11.4 Å². The zero-order valence-corrected chi connectivity index (χ0v) is 6.46. The molecule has 1 rings (SSSR count). The van der Waals surface area contributed by atoms with Gasteiger partial charge in [-0.3, -0.25) is 0 Å². The summed E-state index contributed by atoms with van der Waals surface area (Å²) in [7, 11) is 1.81. The lowest BCUT2D eigenvalue weighted by Gasteiger charge is -2.05. The molecule has 0 radical (unpaired) electrons. The van der Waals surface area contributed by atoms with Gasteiger partial charge in [-0.15, -0.1) is 0 Å². The molecule has 0 aliphatic heterocycles. The molecule has 3 nitrogen and oxygen atoms in total. The van der Waals surface area contributed by atoms with Crippen molar-refractivity contribution in [1.82, 2.24) is 0 Å². The quantitative estimate of drug-likeness (QED) is 0.549. The zero-order valence-electron chi connectivity index (χ0n) is 6.46. The highest BCUT2D eigenvalue weighted by atomic mass is 16.3. The lowest BCUT2D eigenvalue weighted by molar-refractivity contribution is 0.282. The number of hydrogen-bond donors (Lipinski definition) is 3. The van der Waals surface area contributed by atoms with Crippen LogP contribution in [0.25, 0.3) is 0 Å². The molecule has 0 amide bonds. The van der Waals surface area contributed by atoms with Crippen molar-refractivity contribution in [3.63, 3.8) is 0 Å². The molecule has 0 bridgehead atoms. The molecule has 3 heteroatoms. The fourth-order valence-corrected chi connectivity index (χ4v) is 0.938.